The Balaban J connectivity index is 2.23. The summed E-state index contributed by atoms with van der Waals surface area (Å²) in [4.78, 5) is 3.91. The average molecular weight is 359 g/mol. The van der Waals surface area contributed by atoms with E-state index in [1.54, 1.807) is 18.5 Å². The molecule has 0 saturated carbocycles. The van der Waals surface area contributed by atoms with Crippen LogP contribution in [0.4, 0.5) is 4.39 Å². The van der Waals surface area contributed by atoms with Gasteiger partial charge in [0.1, 0.15) is 5.82 Å². The lowest BCUT2D eigenvalue weighted by atomic mass is 10.0. The van der Waals surface area contributed by atoms with Crippen molar-refractivity contribution in [2.45, 2.75) is 11.2 Å². The van der Waals surface area contributed by atoms with Crippen molar-refractivity contribution in [1.82, 2.24) is 4.98 Å². The van der Waals surface area contributed by atoms with Gasteiger partial charge in [0.25, 0.3) is 0 Å². The highest BCUT2D eigenvalue weighted by Gasteiger charge is 2.16. The molecule has 2 rings (SSSR count). The summed E-state index contributed by atoms with van der Waals surface area (Å²) < 4.78 is 14.5. The van der Waals surface area contributed by atoms with E-state index in [9.17, 15) is 4.39 Å². The molecule has 0 fully saturated rings. The molecule has 1 unspecified atom stereocenters. The highest BCUT2D eigenvalue weighted by Crippen LogP contribution is 2.34. The molecule has 0 radical (unpaired) electrons. The Labute approximate surface area is 116 Å². The maximum Gasteiger partial charge on any atom is 0.128 e. The van der Waals surface area contributed by atoms with Crippen molar-refractivity contribution in [3.05, 3.63) is 64.1 Å². The summed E-state index contributed by atoms with van der Waals surface area (Å²) in [7, 11) is 0. The van der Waals surface area contributed by atoms with E-state index < -0.39 is 0 Å². The van der Waals surface area contributed by atoms with E-state index in [1.807, 2.05) is 18.2 Å². The predicted molar refractivity (Wildman–Crippen MR) is 73.7 cm³/mol. The number of nitrogens with zero attached hydrogens (tertiary/aromatic N) is 1. The molecule has 0 spiro atoms. The van der Waals surface area contributed by atoms with Crippen LogP contribution in [0.1, 0.15) is 16.0 Å². The number of benzene rings is 1. The summed E-state index contributed by atoms with van der Waals surface area (Å²) >= 11 is 6.91. The van der Waals surface area contributed by atoms with Crippen molar-refractivity contribution < 1.29 is 4.39 Å². The van der Waals surface area contributed by atoms with Crippen LogP contribution in [0.5, 0.6) is 0 Å². The van der Waals surface area contributed by atoms with Crippen molar-refractivity contribution in [2.24, 2.45) is 0 Å². The Kier molecular flexibility index (Phi) is 4.29. The van der Waals surface area contributed by atoms with Gasteiger partial charge in [-0.05, 0) is 36.2 Å². The average Bonchev–Trinajstić information content (AvgIpc) is 2.30. The van der Waals surface area contributed by atoms with Gasteiger partial charge in [0.15, 0.2) is 0 Å². The summed E-state index contributed by atoms with van der Waals surface area (Å²) in [6.07, 6.45) is 4.21. The number of rotatable bonds is 3. The van der Waals surface area contributed by atoms with E-state index in [2.05, 4.69) is 36.8 Å². The first-order valence-electron chi connectivity index (χ1n) is 5.15. The van der Waals surface area contributed by atoms with Crippen LogP contribution in [0.25, 0.3) is 0 Å². The second-order valence-electron chi connectivity index (χ2n) is 3.66. The van der Waals surface area contributed by atoms with Gasteiger partial charge in [-0.25, -0.2) is 4.39 Å². The van der Waals surface area contributed by atoms with Crippen LogP contribution in [0, 0.1) is 5.82 Å². The maximum absolute atomic E-state index is 13.7. The van der Waals surface area contributed by atoms with Crippen LogP contribution < -0.4 is 0 Å². The highest BCUT2D eigenvalue weighted by atomic mass is 79.9. The van der Waals surface area contributed by atoms with Gasteiger partial charge in [0.2, 0.25) is 0 Å². The fourth-order valence-electron chi connectivity index (χ4n) is 1.64. The van der Waals surface area contributed by atoms with Crippen molar-refractivity contribution in [3.8, 4) is 0 Å². The van der Waals surface area contributed by atoms with Gasteiger partial charge in [-0.2, -0.15) is 0 Å². The van der Waals surface area contributed by atoms with Crippen LogP contribution >= 0.6 is 31.9 Å². The van der Waals surface area contributed by atoms with E-state index in [4.69, 9.17) is 0 Å². The molecule has 0 aliphatic carbocycles. The smallest absolute Gasteiger partial charge is 0.128 e. The van der Waals surface area contributed by atoms with E-state index in [0.717, 1.165) is 16.5 Å². The number of hydrogen-bond donors (Lipinski definition) is 0. The zero-order valence-corrected chi connectivity index (χ0v) is 12.1. The summed E-state index contributed by atoms with van der Waals surface area (Å²) in [5.41, 5.74) is 1.78. The Morgan fingerprint density at radius 2 is 1.88 bits per heavy atom. The van der Waals surface area contributed by atoms with Crippen LogP contribution in [0.2, 0.25) is 0 Å². The molecule has 4 heteroatoms. The SMILES string of the molecule is Fc1cccc(Br)c1C(Br)Cc1ccncc1. The molecule has 88 valence electrons. The first kappa shape index (κ1) is 12.7. The molecule has 1 nitrogen and oxygen atoms in total. The van der Waals surface area contributed by atoms with Gasteiger partial charge >= 0.3 is 0 Å². The molecular weight excluding hydrogens is 349 g/mol. The van der Waals surface area contributed by atoms with Gasteiger partial charge < -0.3 is 0 Å². The normalized spacial score (nSPS) is 12.4. The summed E-state index contributed by atoms with van der Waals surface area (Å²) in [5.74, 6) is -0.199. The number of alkyl halides is 1. The summed E-state index contributed by atoms with van der Waals surface area (Å²) in [5, 5.41) is 0. The number of aromatic nitrogens is 1. The minimum atomic E-state index is -0.199. The minimum Gasteiger partial charge on any atom is -0.265 e. The summed E-state index contributed by atoms with van der Waals surface area (Å²) in [6, 6.07) is 8.88. The first-order valence-corrected chi connectivity index (χ1v) is 6.86. The fourth-order valence-corrected chi connectivity index (χ4v) is 3.40. The Hall–Kier alpha value is -0.740. The lowest BCUT2D eigenvalue weighted by Gasteiger charge is -2.13. The van der Waals surface area contributed by atoms with Crippen LogP contribution in [-0.2, 0) is 6.42 Å². The van der Waals surface area contributed by atoms with E-state index >= 15 is 0 Å². The molecule has 0 saturated heterocycles. The quantitative estimate of drug-likeness (QED) is 0.727. The minimum absolute atomic E-state index is 0.0551. The standard InChI is InChI=1S/C13H10Br2FN/c14-10-2-1-3-12(16)13(10)11(15)8-9-4-6-17-7-5-9/h1-7,11H,8H2. The zero-order valence-electron chi connectivity index (χ0n) is 8.91. The molecule has 0 N–H and O–H groups in total. The summed E-state index contributed by atoms with van der Waals surface area (Å²) in [6.45, 7) is 0. The Morgan fingerprint density at radius 3 is 2.53 bits per heavy atom. The van der Waals surface area contributed by atoms with Crippen LogP contribution in [0.15, 0.2) is 47.2 Å². The molecule has 17 heavy (non-hydrogen) atoms. The number of hydrogen-bond acceptors (Lipinski definition) is 1. The van der Waals surface area contributed by atoms with Gasteiger partial charge in [-0.1, -0.05) is 37.9 Å². The van der Waals surface area contributed by atoms with Gasteiger partial charge in [-0.15, -0.1) is 0 Å². The number of halogens is 3. The molecule has 0 aliphatic heterocycles. The topological polar surface area (TPSA) is 12.9 Å². The molecule has 1 aromatic carbocycles. The molecular formula is C13H10Br2FN. The highest BCUT2D eigenvalue weighted by molar-refractivity contribution is 9.11. The van der Waals surface area contributed by atoms with E-state index in [-0.39, 0.29) is 10.6 Å². The second kappa shape index (κ2) is 5.74. The van der Waals surface area contributed by atoms with Crippen molar-refractivity contribution in [1.29, 1.82) is 0 Å². The van der Waals surface area contributed by atoms with Crippen molar-refractivity contribution >= 4 is 31.9 Å². The Morgan fingerprint density at radius 1 is 1.18 bits per heavy atom. The van der Waals surface area contributed by atoms with Gasteiger partial charge in [0.05, 0.1) is 0 Å². The molecule has 0 aliphatic rings. The second-order valence-corrected chi connectivity index (χ2v) is 5.62. The lowest BCUT2D eigenvalue weighted by Crippen LogP contribution is -2.00. The maximum atomic E-state index is 13.7. The molecule has 0 amide bonds. The third kappa shape index (κ3) is 3.13. The third-order valence-corrected chi connectivity index (χ3v) is 3.95. The number of pyridine rings is 1. The van der Waals surface area contributed by atoms with Gasteiger partial charge in [0, 0.05) is 27.3 Å². The van der Waals surface area contributed by atoms with Crippen molar-refractivity contribution in [3.63, 3.8) is 0 Å². The van der Waals surface area contributed by atoms with Crippen molar-refractivity contribution in [2.75, 3.05) is 0 Å². The molecule has 1 atom stereocenters. The third-order valence-electron chi connectivity index (χ3n) is 2.48. The van der Waals surface area contributed by atoms with Gasteiger partial charge in [-0.3, -0.25) is 4.98 Å². The molecule has 1 aromatic heterocycles. The lowest BCUT2D eigenvalue weighted by molar-refractivity contribution is 0.606. The first-order chi connectivity index (χ1) is 8.18. The molecule has 2 aromatic rings. The van der Waals surface area contributed by atoms with Crippen LogP contribution in [0.3, 0.4) is 0 Å². The predicted octanol–water partition coefficient (Wildman–Crippen LogP) is 4.66. The van der Waals surface area contributed by atoms with Crippen LogP contribution in [-0.4, -0.2) is 4.98 Å². The molecule has 1 heterocycles. The zero-order chi connectivity index (χ0) is 12.3. The Bertz CT molecular complexity index is 482. The monoisotopic (exact) mass is 357 g/mol. The molecule has 0 bridgehead atoms. The van der Waals surface area contributed by atoms with E-state index in [1.165, 1.54) is 6.07 Å². The fraction of sp³-hybridized carbons (Fsp3) is 0.154. The largest absolute Gasteiger partial charge is 0.265 e. The van der Waals surface area contributed by atoms with E-state index in [0.29, 0.717) is 5.56 Å².